The van der Waals surface area contributed by atoms with Crippen LogP contribution in [-0.4, -0.2) is 42.5 Å². The third-order valence-corrected chi connectivity index (χ3v) is 6.56. The Bertz CT molecular complexity index is 946. The number of fused-ring (bicyclic) bond motifs is 1. The zero-order chi connectivity index (χ0) is 20.2. The first kappa shape index (κ1) is 19.3. The van der Waals surface area contributed by atoms with E-state index in [9.17, 15) is 0 Å². The van der Waals surface area contributed by atoms with Crippen LogP contribution in [0.3, 0.4) is 0 Å². The summed E-state index contributed by atoms with van der Waals surface area (Å²) in [7, 11) is 0. The average Bonchev–Trinajstić information content (AvgIpc) is 2.82. The monoisotopic (exact) mass is 394 g/mol. The maximum atomic E-state index is 2.66. The van der Waals surface area contributed by atoms with Crippen molar-refractivity contribution in [2.75, 3.05) is 32.7 Å². The van der Waals surface area contributed by atoms with Crippen LogP contribution in [0.15, 0.2) is 90.5 Å². The number of rotatable bonds is 5. The van der Waals surface area contributed by atoms with Crippen LogP contribution in [-0.2, 0) is 6.42 Å². The molecule has 2 heteroatoms. The van der Waals surface area contributed by atoms with Crippen molar-refractivity contribution >= 4 is 6.08 Å². The van der Waals surface area contributed by atoms with Gasteiger partial charge in [-0.25, -0.2) is 0 Å². The smallest absolute Gasteiger partial charge is 0.0602 e. The molecule has 5 rings (SSSR count). The maximum absolute atomic E-state index is 2.66. The molecule has 1 saturated heterocycles. The minimum absolute atomic E-state index is 0.343. The number of hydrogen-bond donors (Lipinski definition) is 0. The molecule has 0 atom stereocenters. The summed E-state index contributed by atoms with van der Waals surface area (Å²) >= 11 is 0. The molecule has 1 aliphatic carbocycles. The molecule has 2 nitrogen and oxygen atoms in total. The van der Waals surface area contributed by atoms with Gasteiger partial charge in [0.15, 0.2) is 0 Å². The highest BCUT2D eigenvalue weighted by Gasteiger charge is 2.26. The Morgan fingerprint density at radius 3 is 1.90 bits per heavy atom. The van der Waals surface area contributed by atoms with Crippen LogP contribution in [0, 0.1) is 0 Å². The predicted molar refractivity (Wildman–Crippen MR) is 125 cm³/mol. The molecule has 0 radical (unpaired) electrons. The SMILES string of the molecule is C1=C(CN2CCN(C(c3ccccc3)c3ccccc3)CC2)CCc2ccccc21. The zero-order valence-corrected chi connectivity index (χ0v) is 17.6. The van der Waals surface area contributed by atoms with Crippen LogP contribution in [0.1, 0.15) is 34.7 Å². The van der Waals surface area contributed by atoms with Gasteiger partial charge in [-0.2, -0.15) is 0 Å². The average molecular weight is 395 g/mol. The van der Waals surface area contributed by atoms with E-state index in [0.29, 0.717) is 6.04 Å². The van der Waals surface area contributed by atoms with Crippen LogP contribution in [0.5, 0.6) is 0 Å². The van der Waals surface area contributed by atoms with Crippen molar-refractivity contribution in [3.05, 3.63) is 113 Å². The summed E-state index contributed by atoms with van der Waals surface area (Å²) in [6.07, 6.45) is 4.82. The van der Waals surface area contributed by atoms with Gasteiger partial charge >= 0.3 is 0 Å². The molecule has 1 fully saturated rings. The molecule has 3 aromatic carbocycles. The predicted octanol–water partition coefficient (Wildman–Crippen LogP) is 5.42. The Hall–Kier alpha value is -2.68. The van der Waals surface area contributed by atoms with E-state index in [1.807, 2.05) is 0 Å². The van der Waals surface area contributed by atoms with Gasteiger partial charge in [0.1, 0.15) is 0 Å². The molecule has 1 heterocycles. The third-order valence-electron chi connectivity index (χ3n) is 6.56. The molecular formula is C28H30N2. The van der Waals surface area contributed by atoms with Gasteiger partial charge in [-0.3, -0.25) is 9.80 Å². The maximum Gasteiger partial charge on any atom is 0.0602 e. The fourth-order valence-corrected chi connectivity index (χ4v) is 4.97. The van der Waals surface area contributed by atoms with Crippen molar-refractivity contribution in [3.8, 4) is 0 Å². The van der Waals surface area contributed by atoms with Gasteiger partial charge in [-0.05, 0) is 35.1 Å². The molecule has 152 valence electrons. The highest BCUT2D eigenvalue weighted by atomic mass is 15.3. The number of aryl methyl sites for hydroxylation is 1. The standard InChI is InChI=1S/C28H30N2/c1-3-10-25(11-4-1)28(26-12-5-2-6-13-26)30-19-17-29(18-20-30)22-23-15-16-24-9-7-8-14-27(24)21-23/h1-14,21,28H,15-20,22H2. The van der Waals surface area contributed by atoms with E-state index in [-0.39, 0.29) is 0 Å². The highest BCUT2D eigenvalue weighted by molar-refractivity contribution is 5.59. The number of nitrogens with zero attached hydrogens (tertiary/aromatic N) is 2. The van der Waals surface area contributed by atoms with Crippen molar-refractivity contribution < 1.29 is 0 Å². The van der Waals surface area contributed by atoms with Gasteiger partial charge in [-0.1, -0.05) is 96.6 Å². The fourth-order valence-electron chi connectivity index (χ4n) is 4.97. The molecule has 0 amide bonds. The first-order valence-corrected chi connectivity index (χ1v) is 11.2. The molecule has 0 spiro atoms. The topological polar surface area (TPSA) is 6.48 Å². The summed E-state index contributed by atoms with van der Waals surface area (Å²) in [6, 6.07) is 31.1. The van der Waals surface area contributed by atoms with Gasteiger partial charge in [0, 0.05) is 32.7 Å². The first-order chi connectivity index (χ1) is 14.9. The minimum Gasteiger partial charge on any atom is -0.297 e. The Balaban J connectivity index is 1.27. The summed E-state index contributed by atoms with van der Waals surface area (Å²) in [6.45, 7) is 5.60. The first-order valence-electron chi connectivity index (χ1n) is 11.2. The second-order valence-corrected chi connectivity index (χ2v) is 8.54. The van der Waals surface area contributed by atoms with Crippen molar-refractivity contribution in [2.24, 2.45) is 0 Å². The van der Waals surface area contributed by atoms with Crippen LogP contribution >= 0.6 is 0 Å². The lowest BCUT2D eigenvalue weighted by atomic mass is 9.92. The Labute approximate surface area is 180 Å². The Morgan fingerprint density at radius 1 is 0.633 bits per heavy atom. The molecule has 3 aromatic rings. The van der Waals surface area contributed by atoms with Crippen LogP contribution in [0.2, 0.25) is 0 Å². The number of hydrogen-bond acceptors (Lipinski definition) is 2. The summed E-state index contributed by atoms with van der Waals surface area (Å²) in [5.41, 5.74) is 7.29. The summed E-state index contributed by atoms with van der Waals surface area (Å²) < 4.78 is 0. The van der Waals surface area contributed by atoms with Gasteiger partial charge in [0.05, 0.1) is 6.04 Å². The molecule has 2 aliphatic rings. The zero-order valence-electron chi connectivity index (χ0n) is 17.6. The molecule has 0 saturated carbocycles. The second-order valence-electron chi connectivity index (χ2n) is 8.54. The Kier molecular flexibility index (Phi) is 5.78. The quantitative estimate of drug-likeness (QED) is 0.570. The second kappa shape index (κ2) is 8.99. The lowest BCUT2D eigenvalue weighted by molar-refractivity contribution is 0.115. The van der Waals surface area contributed by atoms with Gasteiger partial charge in [0.2, 0.25) is 0 Å². The van der Waals surface area contributed by atoms with E-state index >= 15 is 0 Å². The minimum atomic E-state index is 0.343. The van der Waals surface area contributed by atoms with E-state index in [2.05, 4.69) is 101 Å². The highest BCUT2D eigenvalue weighted by Crippen LogP contribution is 2.30. The number of piperazine rings is 1. The van der Waals surface area contributed by atoms with Crippen LogP contribution in [0.4, 0.5) is 0 Å². The van der Waals surface area contributed by atoms with E-state index in [0.717, 1.165) is 32.7 Å². The number of benzene rings is 3. The lowest BCUT2D eigenvalue weighted by Crippen LogP contribution is -2.48. The summed E-state index contributed by atoms with van der Waals surface area (Å²) in [5, 5.41) is 0. The summed E-state index contributed by atoms with van der Waals surface area (Å²) in [4.78, 5) is 5.30. The van der Waals surface area contributed by atoms with Crippen LogP contribution < -0.4 is 0 Å². The van der Waals surface area contributed by atoms with Crippen molar-refractivity contribution in [3.63, 3.8) is 0 Å². The summed E-state index contributed by atoms with van der Waals surface area (Å²) in [5.74, 6) is 0. The molecule has 0 aromatic heterocycles. The largest absolute Gasteiger partial charge is 0.297 e. The molecule has 0 unspecified atom stereocenters. The Morgan fingerprint density at radius 2 is 1.23 bits per heavy atom. The van der Waals surface area contributed by atoms with Gasteiger partial charge in [0.25, 0.3) is 0 Å². The molecular weight excluding hydrogens is 364 g/mol. The van der Waals surface area contributed by atoms with E-state index in [1.54, 1.807) is 5.57 Å². The fraction of sp³-hybridized carbons (Fsp3) is 0.286. The van der Waals surface area contributed by atoms with E-state index < -0.39 is 0 Å². The van der Waals surface area contributed by atoms with Crippen molar-refractivity contribution in [1.29, 1.82) is 0 Å². The van der Waals surface area contributed by atoms with Gasteiger partial charge < -0.3 is 0 Å². The van der Waals surface area contributed by atoms with Crippen LogP contribution in [0.25, 0.3) is 6.08 Å². The lowest BCUT2D eigenvalue weighted by Gasteiger charge is -2.40. The van der Waals surface area contributed by atoms with E-state index in [4.69, 9.17) is 0 Å². The van der Waals surface area contributed by atoms with Crippen molar-refractivity contribution in [1.82, 2.24) is 9.80 Å². The van der Waals surface area contributed by atoms with Gasteiger partial charge in [-0.15, -0.1) is 0 Å². The molecule has 0 N–H and O–H groups in total. The van der Waals surface area contributed by atoms with Crippen molar-refractivity contribution in [2.45, 2.75) is 18.9 Å². The molecule has 30 heavy (non-hydrogen) atoms. The molecule has 1 aliphatic heterocycles. The third kappa shape index (κ3) is 4.26. The normalized spacial score (nSPS) is 17.6. The molecule has 0 bridgehead atoms. The van der Waals surface area contributed by atoms with E-state index in [1.165, 1.54) is 35.1 Å².